The van der Waals surface area contributed by atoms with Crippen molar-refractivity contribution >= 4 is 0 Å². The Kier molecular flexibility index (Phi) is 1.45. The first-order valence-electron chi connectivity index (χ1n) is 7.38. The fourth-order valence-electron chi connectivity index (χ4n) is 7.18. The number of nitrogens with zero attached hydrogens (tertiary/aromatic N) is 3. The van der Waals surface area contributed by atoms with Crippen LogP contribution < -0.4 is 0 Å². The Balaban J connectivity index is 1.73. The Morgan fingerprint density at radius 1 is 0.882 bits per heavy atom. The van der Waals surface area contributed by atoms with Gasteiger partial charge in [0.1, 0.15) is 0 Å². The molecule has 0 aromatic carbocycles. The SMILES string of the molecule is [N-]=[N+]=NC12CC3CC4C5CC(CC41)CC2C5C3. The molecule has 8 bridgehead atoms. The highest BCUT2D eigenvalue weighted by atomic mass is 15.2. The summed E-state index contributed by atoms with van der Waals surface area (Å²) < 4.78 is 0. The molecule has 0 aliphatic heterocycles. The number of azide groups is 1. The van der Waals surface area contributed by atoms with Crippen molar-refractivity contribution in [3.8, 4) is 0 Å². The smallest absolute Gasteiger partial charge is 0.0552 e. The van der Waals surface area contributed by atoms with Crippen LogP contribution in [-0.2, 0) is 0 Å². The molecule has 4 atom stereocenters. The highest BCUT2D eigenvalue weighted by molar-refractivity contribution is 5.22. The van der Waals surface area contributed by atoms with Gasteiger partial charge in [-0.15, -0.1) is 0 Å². The van der Waals surface area contributed by atoms with Crippen molar-refractivity contribution in [2.45, 2.75) is 44.1 Å². The summed E-state index contributed by atoms with van der Waals surface area (Å²) in [7, 11) is 0. The molecule has 0 radical (unpaired) electrons. The second kappa shape index (κ2) is 2.66. The van der Waals surface area contributed by atoms with Gasteiger partial charge >= 0.3 is 0 Å². The molecule has 17 heavy (non-hydrogen) atoms. The monoisotopic (exact) mass is 229 g/mol. The lowest BCUT2D eigenvalue weighted by Gasteiger charge is -2.73. The summed E-state index contributed by atoms with van der Waals surface area (Å²) in [6.07, 6.45) is 8.45. The van der Waals surface area contributed by atoms with E-state index in [-0.39, 0.29) is 5.54 Å². The first-order chi connectivity index (χ1) is 8.32. The van der Waals surface area contributed by atoms with Gasteiger partial charge in [0.25, 0.3) is 0 Å². The third-order valence-corrected chi connectivity index (χ3v) is 7.26. The zero-order chi connectivity index (χ0) is 11.2. The summed E-state index contributed by atoms with van der Waals surface area (Å²) in [5.74, 6) is 6.32. The highest BCUT2D eigenvalue weighted by Gasteiger charge is 2.69. The average molecular weight is 229 g/mol. The topological polar surface area (TPSA) is 48.8 Å². The number of hydrogen-bond acceptors (Lipinski definition) is 1. The second-order valence-electron chi connectivity index (χ2n) is 7.50. The summed E-state index contributed by atoms with van der Waals surface area (Å²) in [5, 5.41) is 4.44. The molecule has 90 valence electrons. The van der Waals surface area contributed by atoms with Crippen LogP contribution in [0.25, 0.3) is 10.4 Å². The fourth-order valence-corrected chi connectivity index (χ4v) is 7.18. The molecule has 0 saturated heterocycles. The molecular formula is C14H19N3. The standard InChI is InChI=1S/C14H19N3/c15-17-16-14-6-8-2-10-9-1-7(4-12(10)14)5-13(14)11(9)3-8/h7-13H,1-6H2. The fraction of sp³-hybridized carbons (Fsp3) is 1.00. The minimum absolute atomic E-state index is 0.0820. The molecule has 7 saturated carbocycles. The Morgan fingerprint density at radius 2 is 1.53 bits per heavy atom. The quantitative estimate of drug-likeness (QED) is 0.373. The van der Waals surface area contributed by atoms with Crippen LogP contribution in [0.15, 0.2) is 5.11 Å². The maximum atomic E-state index is 9.02. The maximum Gasteiger partial charge on any atom is 0.0552 e. The van der Waals surface area contributed by atoms with Gasteiger partial charge in [-0.1, -0.05) is 5.11 Å². The molecule has 0 N–H and O–H groups in total. The van der Waals surface area contributed by atoms with Crippen LogP contribution in [0.2, 0.25) is 0 Å². The predicted molar refractivity (Wildman–Crippen MR) is 64.0 cm³/mol. The van der Waals surface area contributed by atoms with E-state index < -0.39 is 0 Å². The van der Waals surface area contributed by atoms with E-state index in [4.69, 9.17) is 5.53 Å². The first-order valence-corrected chi connectivity index (χ1v) is 7.38. The molecule has 0 spiro atoms. The van der Waals surface area contributed by atoms with Crippen molar-refractivity contribution in [2.24, 2.45) is 46.5 Å². The van der Waals surface area contributed by atoms with Gasteiger partial charge in [-0.05, 0) is 85.5 Å². The van der Waals surface area contributed by atoms with Crippen LogP contribution in [0.1, 0.15) is 38.5 Å². The van der Waals surface area contributed by atoms with Crippen molar-refractivity contribution in [3.05, 3.63) is 10.4 Å². The van der Waals surface area contributed by atoms with Gasteiger partial charge in [-0.3, -0.25) is 0 Å². The van der Waals surface area contributed by atoms with Gasteiger partial charge < -0.3 is 0 Å². The molecule has 3 heteroatoms. The minimum atomic E-state index is 0.0820. The summed E-state index contributed by atoms with van der Waals surface area (Å²) in [4.78, 5) is 3.27. The molecule has 7 aliphatic rings. The van der Waals surface area contributed by atoms with Gasteiger partial charge in [0.2, 0.25) is 0 Å². The van der Waals surface area contributed by atoms with Gasteiger partial charge in [-0.25, -0.2) is 0 Å². The van der Waals surface area contributed by atoms with E-state index in [0.717, 1.165) is 41.4 Å². The van der Waals surface area contributed by atoms with Gasteiger partial charge in [0, 0.05) is 4.91 Å². The second-order valence-corrected chi connectivity index (χ2v) is 7.50. The summed E-state index contributed by atoms with van der Waals surface area (Å²) >= 11 is 0. The van der Waals surface area contributed by atoms with Crippen molar-refractivity contribution in [2.75, 3.05) is 0 Å². The summed E-state index contributed by atoms with van der Waals surface area (Å²) in [6, 6.07) is 0. The third-order valence-electron chi connectivity index (χ3n) is 7.26. The number of rotatable bonds is 1. The molecule has 4 unspecified atom stereocenters. The molecular weight excluding hydrogens is 210 g/mol. The van der Waals surface area contributed by atoms with Gasteiger partial charge in [-0.2, -0.15) is 0 Å². The van der Waals surface area contributed by atoms with E-state index in [9.17, 15) is 0 Å². The Morgan fingerprint density at radius 3 is 2.18 bits per heavy atom. The van der Waals surface area contributed by atoms with Crippen LogP contribution in [0, 0.1) is 41.4 Å². The molecule has 0 aromatic rings. The molecule has 7 fully saturated rings. The lowest BCUT2D eigenvalue weighted by atomic mass is 9.33. The molecule has 7 aliphatic carbocycles. The molecule has 0 heterocycles. The number of hydrogen-bond donors (Lipinski definition) is 0. The highest BCUT2D eigenvalue weighted by Crippen LogP contribution is 2.73. The lowest BCUT2D eigenvalue weighted by molar-refractivity contribution is -0.214. The van der Waals surface area contributed by atoms with Crippen LogP contribution in [-0.4, -0.2) is 5.54 Å². The predicted octanol–water partition coefficient (Wildman–Crippen LogP) is 3.76. The largest absolute Gasteiger partial charge is 0.0867 e. The van der Waals surface area contributed by atoms with Gasteiger partial charge in [0.05, 0.1) is 5.54 Å². The van der Waals surface area contributed by atoms with Crippen molar-refractivity contribution in [1.29, 1.82) is 0 Å². The Labute approximate surface area is 102 Å². The zero-order valence-electron chi connectivity index (χ0n) is 10.1. The normalized spacial score (nSPS) is 65.1. The average Bonchev–Trinajstić information content (AvgIpc) is 2.35. The van der Waals surface area contributed by atoms with Crippen molar-refractivity contribution in [3.63, 3.8) is 0 Å². The van der Waals surface area contributed by atoms with E-state index in [1.54, 1.807) is 0 Å². The molecule has 3 nitrogen and oxygen atoms in total. The van der Waals surface area contributed by atoms with Crippen LogP contribution in [0.3, 0.4) is 0 Å². The summed E-state index contributed by atoms with van der Waals surface area (Å²) in [6.45, 7) is 0. The van der Waals surface area contributed by atoms with E-state index >= 15 is 0 Å². The zero-order valence-corrected chi connectivity index (χ0v) is 10.1. The van der Waals surface area contributed by atoms with E-state index in [2.05, 4.69) is 10.0 Å². The molecule has 0 aromatic heterocycles. The lowest BCUT2D eigenvalue weighted by Crippen LogP contribution is -2.70. The Bertz CT molecular complexity index is 415. The minimum Gasteiger partial charge on any atom is -0.0867 e. The van der Waals surface area contributed by atoms with Crippen LogP contribution >= 0.6 is 0 Å². The van der Waals surface area contributed by atoms with Crippen molar-refractivity contribution < 1.29 is 0 Å². The third kappa shape index (κ3) is 0.855. The van der Waals surface area contributed by atoms with E-state index in [0.29, 0.717) is 0 Å². The van der Waals surface area contributed by atoms with Crippen LogP contribution in [0.4, 0.5) is 0 Å². The summed E-state index contributed by atoms with van der Waals surface area (Å²) in [5.41, 5.74) is 9.10. The molecule has 7 rings (SSSR count). The first kappa shape index (κ1) is 9.27. The van der Waals surface area contributed by atoms with E-state index in [1.165, 1.54) is 38.5 Å². The Hall–Kier alpha value is -0.690. The van der Waals surface area contributed by atoms with Crippen LogP contribution in [0.5, 0.6) is 0 Å². The maximum absolute atomic E-state index is 9.02. The van der Waals surface area contributed by atoms with Crippen molar-refractivity contribution in [1.82, 2.24) is 0 Å². The van der Waals surface area contributed by atoms with E-state index in [1.807, 2.05) is 0 Å². The molecule has 0 amide bonds. The van der Waals surface area contributed by atoms with Gasteiger partial charge in [0.15, 0.2) is 0 Å².